The van der Waals surface area contributed by atoms with Gasteiger partial charge in [-0.25, -0.2) is 4.39 Å². The predicted octanol–water partition coefficient (Wildman–Crippen LogP) is 2.06. The molecule has 0 spiro atoms. The fourth-order valence-corrected chi connectivity index (χ4v) is 2.68. The summed E-state index contributed by atoms with van der Waals surface area (Å²) in [6.45, 7) is 4.96. The van der Waals surface area contributed by atoms with Crippen LogP contribution in [0.25, 0.3) is 0 Å². The lowest BCUT2D eigenvalue weighted by atomic mass is 10.1. The minimum atomic E-state index is -0.530. The van der Waals surface area contributed by atoms with E-state index in [4.69, 9.17) is 0 Å². The summed E-state index contributed by atoms with van der Waals surface area (Å²) >= 11 is 0. The van der Waals surface area contributed by atoms with Crippen molar-refractivity contribution in [3.63, 3.8) is 0 Å². The van der Waals surface area contributed by atoms with E-state index in [9.17, 15) is 14.0 Å². The molecule has 0 bridgehead atoms. The van der Waals surface area contributed by atoms with Crippen molar-refractivity contribution < 1.29 is 14.0 Å². The SMILES string of the molecule is Cc1cc(NCC(=O)N[C@@H](C)C(=O)N2CCCCC2)ccc1F. The first kappa shape index (κ1) is 17.2. The summed E-state index contributed by atoms with van der Waals surface area (Å²) in [4.78, 5) is 26.0. The van der Waals surface area contributed by atoms with Gasteiger partial charge in [0.05, 0.1) is 6.54 Å². The summed E-state index contributed by atoms with van der Waals surface area (Å²) in [7, 11) is 0. The van der Waals surface area contributed by atoms with Gasteiger partial charge in [-0.15, -0.1) is 0 Å². The third kappa shape index (κ3) is 4.94. The molecule has 5 nitrogen and oxygen atoms in total. The summed E-state index contributed by atoms with van der Waals surface area (Å²) < 4.78 is 13.2. The van der Waals surface area contributed by atoms with Crippen LogP contribution in [0.2, 0.25) is 0 Å². The largest absolute Gasteiger partial charge is 0.376 e. The van der Waals surface area contributed by atoms with Gasteiger partial charge < -0.3 is 15.5 Å². The van der Waals surface area contributed by atoms with Crippen LogP contribution in [0.4, 0.5) is 10.1 Å². The van der Waals surface area contributed by atoms with Crippen LogP contribution in [0.15, 0.2) is 18.2 Å². The maximum atomic E-state index is 13.2. The monoisotopic (exact) mass is 321 g/mol. The maximum absolute atomic E-state index is 13.2. The molecule has 23 heavy (non-hydrogen) atoms. The standard InChI is InChI=1S/C17H24FN3O2/c1-12-10-14(6-7-15(12)18)19-11-16(22)20-13(2)17(23)21-8-4-3-5-9-21/h6-7,10,13,19H,3-5,8-9,11H2,1-2H3,(H,20,22)/t13-/m0/s1. The molecule has 2 N–H and O–H groups in total. The highest BCUT2D eigenvalue weighted by molar-refractivity contribution is 5.89. The molecule has 1 aliphatic heterocycles. The number of nitrogens with one attached hydrogen (secondary N) is 2. The van der Waals surface area contributed by atoms with E-state index in [-0.39, 0.29) is 24.2 Å². The van der Waals surface area contributed by atoms with E-state index in [0.717, 1.165) is 32.4 Å². The molecule has 1 atom stereocenters. The Balaban J connectivity index is 1.79. The number of rotatable bonds is 5. The van der Waals surface area contributed by atoms with Crippen LogP contribution >= 0.6 is 0 Å². The van der Waals surface area contributed by atoms with Gasteiger partial charge in [-0.2, -0.15) is 0 Å². The Labute approximate surface area is 136 Å². The average Bonchev–Trinajstić information content (AvgIpc) is 2.56. The fourth-order valence-electron chi connectivity index (χ4n) is 2.68. The van der Waals surface area contributed by atoms with Gasteiger partial charge in [-0.1, -0.05) is 0 Å². The normalized spacial score (nSPS) is 15.9. The fraction of sp³-hybridized carbons (Fsp3) is 0.529. The first-order valence-corrected chi connectivity index (χ1v) is 8.05. The van der Waals surface area contributed by atoms with E-state index >= 15 is 0 Å². The second-order valence-electron chi connectivity index (χ2n) is 5.99. The number of aryl methyl sites for hydroxylation is 1. The minimum absolute atomic E-state index is 0.0318. The highest BCUT2D eigenvalue weighted by Gasteiger charge is 2.23. The Kier molecular flexibility index (Phi) is 5.96. The zero-order valence-electron chi connectivity index (χ0n) is 13.7. The van der Waals surface area contributed by atoms with E-state index < -0.39 is 6.04 Å². The maximum Gasteiger partial charge on any atom is 0.244 e. The van der Waals surface area contributed by atoms with Gasteiger partial charge in [0.25, 0.3) is 0 Å². The number of hydrogen-bond donors (Lipinski definition) is 2. The molecular formula is C17H24FN3O2. The first-order valence-electron chi connectivity index (χ1n) is 8.05. The van der Waals surface area contributed by atoms with E-state index in [2.05, 4.69) is 10.6 Å². The van der Waals surface area contributed by atoms with Crippen molar-refractivity contribution >= 4 is 17.5 Å². The number of nitrogens with zero attached hydrogens (tertiary/aromatic N) is 1. The predicted molar refractivity (Wildman–Crippen MR) is 87.7 cm³/mol. The molecule has 1 aliphatic rings. The Morgan fingerprint density at radius 1 is 1.26 bits per heavy atom. The zero-order valence-corrected chi connectivity index (χ0v) is 13.7. The zero-order chi connectivity index (χ0) is 16.8. The molecule has 0 unspecified atom stereocenters. The third-order valence-electron chi connectivity index (χ3n) is 4.03. The highest BCUT2D eigenvalue weighted by atomic mass is 19.1. The number of carbonyl (C=O) groups is 2. The molecule has 1 aromatic carbocycles. The van der Waals surface area contributed by atoms with Gasteiger partial charge in [0.2, 0.25) is 11.8 Å². The summed E-state index contributed by atoms with van der Waals surface area (Å²) in [5.74, 6) is -0.568. The molecule has 126 valence electrons. The van der Waals surface area contributed by atoms with Crippen molar-refractivity contribution in [2.24, 2.45) is 0 Å². The number of benzene rings is 1. The lowest BCUT2D eigenvalue weighted by molar-refractivity contribution is -0.136. The second kappa shape index (κ2) is 7.94. The van der Waals surface area contributed by atoms with Crippen molar-refractivity contribution in [3.8, 4) is 0 Å². The Hall–Kier alpha value is -2.11. The first-order chi connectivity index (χ1) is 11.0. The molecule has 6 heteroatoms. The third-order valence-corrected chi connectivity index (χ3v) is 4.03. The number of piperidine rings is 1. The van der Waals surface area contributed by atoms with Gasteiger partial charge in [0.15, 0.2) is 0 Å². The van der Waals surface area contributed by atoms with Crippen molar-refractivity contribution in [2.75, 3.05) is 25.0 Å². The van der Waals surface area contributed by atoms with Crippen molar-refractivity contribution in [3.05, 3.63) is 29.6 Å². The second-order valence-corrected chi connectivity index (χ2v) is 5.99. The van der Waals surface area contributed by atoms with Crippen LogP contribution in [-0.2, 0) is 9.59 Å². The quantitative estimate of drug-likeness (QED) is 0.873. The average molecular weight is 321 g/mol. The molecule has 2 rings (SSSR count). The smallest absolute Gasteiger partial charge is 0.244 e. The van der Waals surface area contributed by atoms with Gasteiger partial charge in [-0.3, -0.25) is 9.59 Å². The van der Waals surface area contributed by atoms with E-state index in [1.54, 1.807) is 26.0 Å². The molecule has 1 heterocycles. The van der Waals surface area contributed by atoms with E-state index in [1.807, 2.05) is 4.90 Å². The summed E-state index contributed by atoms with van der Waals surface area (Å²) in [5.41, 5.74) is 1.19. The molecule has 1 fully saturated rings. The Bertz CT molecular complexity index is 571. The molecule has 1 aromatic rings. The molecule has 2 amide bonds. The highest BCUT2D eigenvalue weighted by Crippen LogP contribution is 2.13. The molecule has 0 aliphatic carbocycles. The molecular weight excluding hydrogens is 297 g/mol. The van der Waals surface area contributed by atoms with E-state index in [1.165, 1.54) is 6.07 Å². The minimum Gasteiger partial charge on any atom is -0.376 e. The number of amides is 2. The van der Waals surface area contributed by atoms with Crippen molar-refractivity contribution in [1.82, 2.24) is 10.2 Å². The van der Waals surface area contributed by atoms with Crippen LogP contribution < -0.4 is 10.6 Å². The van der Waals surface area contributed by atoms with Gasteiger partial charge >= 0.3 is 0 Å². The Morgan fingerprint density at radius 3 is 2.61 bits per heavy atom. The lowest BCUT2D eigenvalue weighted by Gasteiger charge is -2.29. The lowest BCUT2D eigenvalue weighted by Crippen LogP contribution is -2.49. The van der Waals surface area contributed by atoms with Crippen LogP contribution in [0.3, 0.4) is 0 Å². The number of halogens is 1. The molecule has 0 saturated carbocycles. The molecule has 1 saturated heterocycles. The van der Waals surface area contributed by atoms with Crippen molar-refractivity contribution in [1.29, 1.82) is 0 Å². The van der Waals surface area contributed by atoms with Gasteiger partial charge in [0.1, 0.15) is 11.9 Å². The van der Waals surface area contributed by atoms with E-state index in [0.29, 0.717) is 11.3 Å². The summed E-state index contributed by atoms with van der Waals surface area (Å²) in [6.07, 6.45) is 3.21. The van der Waals surface area contributed by atoms with Gasteiger partial charge in [-0.05, 0) is 56.9 Å². The molecule has 0 radical (unpaired) electrons. The van der Waals surface area contributed by atoms with Crippen LogP contribution in [0.5, 0.6) is 0 Å². The molecule has 0 aromatic heterocycles. The van der Waals surface area contributed by atoms with Crippen molar-refractivity contribution in [2.45, 2.75) is 39.2 Å². The topological polar surface area (TPSA) is 61.4 Å². The number of likely N-dealkylation sites (tertiary alicyclic amines) is 1. The van der Waals surface area contributed by atoms with Crippen LogP contribution in [0, 0.1) is 12.7 Å². The number of carbonyl (C=O) groups excluding carboxylic acids is 2. The van der Waals surface area contributed by atoms with Crippen LogP contribution in [-0.4, -0.2) is 42.4 Å². The summed E-state index contributed by atoms with van der Waals surface area (Å²) in [6, 6.07) is 4.05. The van der Waals surface area contributed by atoms with Crippen LogP contribution in [0.1, 0.15) is 31.7 Å². The van der Waals surface area contributed by atoms with Gasteiger partial charge in [0, 0.05) is 18.8 Å². The number of anilines is 1. The number of hydrogen-bond acceptors (Lipinski definition) is 3. The summed E-state index contributed by atoms with van der Waals surface area (Å²) in [5, 5.41) is 5.64. The Morgan fingerprint density at radius 2 is 1.96 bits per heavy atom.